The summed E-state index contributed by atoms with van der Waals surface area (Å²) in [4.78, 5) is 16.1. The number of halogens is 2. The third kappa shape index (κ3) is 3.61. The lowest BCUT2D eigenvalue weighted by atomic mass is 9.96. The Morgan fingerprint density at radius 2 is 2.00 bits per heavy atom. The lowest BCUT2D eigenvalue weighted by molar-refractivity contribution is 0.0949. The smallest absolute Gasteiger partial charge is 0.251 e. The summed E-state index contributed by atoms with van der Waals surface area (Å²) in [5, 5.41) is 11.6. The average molecular weight is 334 g/mol. The summed E-state index contributed by atoms with van der Waals surface area (Å²) >= 11 is 0. The molecular formula is C17H16F2N2O3. The molecule has 1 aromatic carbocycles. The molecule has 5 nitrogen and oxygen atoms in total. The summed E-state index contributed by atoms with van der Waals surface area (Å²) in [6, 6.07) is 5.00. The Bertz CT molecular complexity index is 740. The van der Waals surface area contributed by atoms with Gasteiger partial charge in [0, 0.05) is 24.4 Å². The van der Waals surface area contributed by atoms with Crippen molar-refractivity contribution in [2.75, 3.05) is 0 Å². The molecule has 1 fully saturated rings. The highest BCUT2D eigenvalue weighted by molar-refractivity contribution is 5.94. The van der Waals surface area contributed by atoms with Gasteiger partial charge in [0.1, 0.15) is 6.10 Å². The lowest BCUT2D eigenvalue weighted by Gasteiger charge is -2.25. The van der Waals surface area contributed by atoms with E-state index in [1.165, 1.54) is 0 Å². The van der Waals surface area contributed by atoms with Gasteiger partial charge in [0.25, 0.3) is 5.91 Å². The number of aromatic nitrogens is 1. The molecule has 1 aromatic heterocycles. The van der Waals surface area contributed by atoms with Gasteiger partial charge in [-0.15, -0.1) is 0 Å². The van der Waals surface area contributed by atoms with Crippen molar-refractivity contribution in [1.29, 1.82) is 0 Å². The Balaban J connectivity index is 1.62. The quantitative estimate of drug-likeness (QED) is 0.882. The van der Waals surface area contributed by atoms with Gasteiger partial charge in [-0.2, -0.15) is 0 Å². The number of phenolic OH excluding ortho intramolecular Hbond substituents is 1. The first-order valence-corrected chi connectivity index (χ1v) is 7.60. The van der Waals surface area contributed by atoms with Gasteiger partial charge in [0.15, 0.2) is 17.4 Å². The molecule has 2 N–H and O–H groups in total. The van der Waals surface area contributed by atoms with Crippen LogP contribution >= 0.6 is 0 Å². The molecule has 1 aliphatic rings. The van der Waals surface area contributed by atoms with Crippen LogP contribution in [0.5, 0.6) is 11.6 Å². The molecule has 0 radical (unpaired) electrons. The monoisotopic (exact) mass is 334 g/mol. The molecule has 0 unspecified atom stereocenters. The number of carbonyl (C=O) groups excluding carboxylic acids is 1. The van der Waals surface area contributed by atoms with Gasteiger partial charge in [0.2, 0.25) is 5.88 Å². The van der Waals surface area contributed by atoms with Crippen molar-refractivity contribution >= 4 is 5.91 Å². The van der Waals surface area contributed by atoms with Crippen LogP contribution in [-0.4, -0.2) is 22.1 Å². The molecule has 3 rings (SSSR count). The molecule has 1 heterocycles. The van der Waals surface area contributed by atoms with E-state index in [4.69, 9.17) is 9.84 Å². The molecule has 0 aliphatic heterocycles. The highest BCUT2D eigenvalue weighted by atomic mass is 19.1. The molecule has 2 aromatic rings. The maximum Gasteiger partial charge on any atom is 0.251 e. The molecule has 7 heteroatoms. The minimum atomic E-state index is -1.18. The Labute approximate surface area is 137 Å². The average Bonchev–Trinajstić information content (AvgIpc) is 2.53. The summed E-state index contributed by atoms with van der Waals surface area (Å²) in [6.45, 7) is 0.159. The number of pyridine rings is 1. The number of amides is 1. The standard InChI is InChI=1S/C17H16F2N2O3/c18-13-7-11(8-14(19)16(13)22)17(23)21-9-10-4-5-20-15(6-10)24-12-2-1-3-12/h4-8,12,22H,1-3,9H2,(H,21,23). The van der Waals surface area contributed by atoms with Crippen LogP contribution < -0.4 is 10.1 Å². The number of benzene rings is 1. The fourth-order valence-corrected chi connectivity index (χ4v) is 2.27. The van der Waals surface area contributed by atoms with Crippen LogP contribution in [0.2, 0.25) is 0 Å². The van der Waals surface area contributed by atoms with Crippen LogP contribution in [0.1, 0.15) is 35.2 Å². The number of nitrogens with one attached hydrogen (secondary N) is 1. The van der Waals surface area contributed by atoms with Crippen molar-refractivity contribution < 1.29 is 23.4 Å². The van der Waals surface area contributed by atoms with E-state index in [1.54, 1.807) is 18.3 Å². The summed E-state index contributed by atoms with van der Waals surface area (Å²) in [5.74, 6) is -3.61. The molecule has 1 aliphatic carbocycles. The highest BCUT2D eigenvalue weighted by Crippen LogP contribution is 2.24. The molecule has 0 saturated heterocycles. The largest absolute Gasteiger partial charge is 0.503 e. The van der Waals surface area contributed by atoms with Crippen LogP contribution in [0.3, 0.4) is 0 Å². The Hall–Kier alpha value is -2.70. The number of ether oxygens (including phenoxy) is 1. The maximum absolute atomic E-state index is 13.3. The molecular weight excluding hydrogens is 318 g/mol. The van der Waals surface area contributed by atoms with E-state index in [9.17, 15) is 13.6 Å². The van der Waals surface area contributed by atoms with E-state index >= 15 is 0 Å². The Kier molecular flexibility index (Phi) is 4.59. The van der Waals surface area contributed by atoms with Crippen LogP contribution in [0.15, 0.2) is 30.5 Å². The molecule has 1 amide bonds. The van der Waals surface area contributed by atoms with Crippen molar-refractivity contribution in [3.63, 3.8) is 0 Å². The normalized spacial score (nSPS) is 14.1. The minimum absolute atomic E-state index is 0.159. The van der Waals surface area contributed by atoms with E-state index in [2.05, 4.69) is 10.3 Å². The van der Waals surface area contributed by atoms with E-state index in [1.807, 2.05) is 0 Å². The number of aromatic hydroxyl groups is 1. The van der Waals surface area contributed by atoms with E-state index in [0.717, 1.165) is 37.0 Å². The molecule has 24 heavy (non-hydrogen) atoms. The zero-order chi connectivity index (χ0) is 17.1. The zero-order valence-corrected chi connectivity index (χ0v) is 12.8. The predicted molar refractivity (Wildman–Crippen MR) is 81.7 cm³/mol. The second-order valence-corrected chi connectivity index (χ2v) is 5.64. The van der Waals surface area contributed by atoms with Gasteiger partial charge in [-0.1, -0.05) is 0 Å². The van der Waals surface area contributed by atoms with E-state index in [0.29, 0.717) is 5.88 Å². The summed E-state index contributed by atoms with van der Waals surface area (Å²) in [7, 11) is 0. The molecule has 0 bridgehead atoms. The number of hydrogen-bond donors (Lipinski definition) is 2. The number of phenols is 1. The Morgan fingerprint density at radius 1 is 1.29 bits per heavy atom. The molecule has 0 spiro atoms. The number of nitrogens with zero attached hydrogens (tertiary/aromatic N) is 1. The first kappa shape index (κ1) is 16.2. The van der Waals surface area contributed by atoms with E-state index < -0.39 is 23.3 Å². The van der Waals surface area contributed by atoms with Crippen molar-refractivity contribution in [3.05, 3.63) is 53.2 Å². The van der Waals surface area contributed by atoms with Crippen LogP contribution in [-0.2, 0) is 6.54 Å². The van der Waals surface area contributed by atoms with Crippen molar-refractivity contribution in [2.24, 2.45) is 0 Å². The topological polar surface area (TPSA) is 71.5 Å². The van der Waals surface area contributed by atoms with Crippen LogP contribution in [0.4, 0.5) is 8.78 Å². The highest BCUT2D eigenvalue weighted by Gasteiger charge is 2.19. The van der Waals surface area contributed by atoms with Crippen molar-refractivity contribution in [2.45, 2.75) is 31.9 Å². The lowest BCUT2D eigenvalue weighted by Crippen LogP contribution is -2.25. The molecule has 1 saturated carbocycles. The van der Waals surface area contributed by atoms with Crippen molar-refractivity contribution in [3.8, 4) is 11.6 Å². The van der Waals surface area contributed by atoms with Gasteiger partial charge in [-0.3, -0.25) is 4.79 Å². The second kappa shape index (κ2) is 6.82. The number of carbonyl (C=O) groups is 1. The number of rotatable bonds is 5. The van der Waals surface area contributed by atoms with Crippen molar-refractivity contribution in [1.82, 2.24) is 10.3 Å². The van der Waals surface area contributed by atoms with E-state index in [-0.39, 0.29) is 18.2 Å². The third-order valence-corrected chi connectivity index (χ3v) is 3.87. The molecule has 0 atom stereocenters. The summed E-state index contributed by atoms with van der Waals surface area (Å²) < 4.78 is 32.2. The van der Waals surface area contributed by atoms with Crippen LogP contribution in [0, 0.1) is 11.6 Å². The van der Waals surface area contributed by atoms with Gasteiger partial charge in [0.05, 0.1) is 0 Å². The summed E-state index contributed by atoms with van der Waals surface area (Å²) in [5.41, 5.74) is 0.551. The third-order valence-electron chi connectivity index (χ3n) is 3.87. The molecule has 126 valence electrons. The fourth-order valence-electron chi connectivity index (χ4n) is 2.27. The first-order valence-electron chi connectivity index (χ1n) is 7.60. The maximum atomic E-state index is 13.3. The number of hydrogen-bond acceptors (Lipinski definition) is 4. The predicted octanol–water partition coefficient (Wildman–Crippen LogP) is 2.93. The van der Waals surface area contributed by atoms with Gasteiger partial charge in [-0.05, 0) is 43.0 Å². The SMILES string of the molecule is O=C(NCc1ccnc(OC2CCC2)c1)c1cc(F)c(O)c(F)c1. The Morgan fingerprint density at radius 3 is 2.62 bits per heavy atom. The summed E-state index contributed by atoms with van der Waals surface area (Å²) in [6.07, 6.45) is 4.96. The minimum Gasteiger partial charge on any atom is -0.503 e. The van der Waals surface area contributed by atoms with Gasteiger partial charge >= 0.3 is 0 Å². The zero-order valence-electron chi connectivity index (χ0n) is 12.8. The van der Waals surface area contributed by atoms with Crippen LogP contribution in [0.25, 0.3) is 0 Å². The first-order chi connectivity index (χ1) is 11.5. The van der Waals surface area contributed by atoms with Gasteiger partial charge < -0.3 is 15.2 Å². The fraction of sp³-hybridized carbons (Fsp3) is 0.294. The van der Waals surface area contributed by atoms with Gasteiger partial charge in [-0.25, -0.2) is 13.8 Å². The second-order valence-electron chi connectivity index (χ2n) is 5.64.